The van der Waals surface area contributed by atoms with Gasteiger partial charge in [0.05, 0.1) is 23.2 Å². The van der Waals surface area contributed by atoms with Crippen molar-refractivity contribution in [1.82, 2.24) is 9.55 Å². The summed E-state index contributed by atoms with van der Waals surface area (Å²) in [5, 5.41) is 13.7. The largest absolute Gasteiger partial charge is 0.478 e. The van der Waals surface area contributed by atoms with Gasteiger partial charge in [0.15, 0.2) is 5.15 Å². The average Bonchev–Trinajstić information content (AvgIpc) is 2.98. The zero-order valence-electron chi connectivity index (χ0n) is 14.3. The summed E-state index contributed by atoms with van der Waals surface area (Å²) < 4.78 is 1.85. The maximum atomic E-state index is 11.2. The summed E-state index contributed by atoms with van der Waals surface area (Å²) in [5.41, 5.74) is 7.03. The molecule has 0 fully saturated rings. The molecule has 0 aliphatic heterocycles. The molecule has 0 radical (unpaired) electrons. The van der Waals surface area contributed by atoms with E-state index >= 15 is 0 Å². The highest BCUT2D eigenvalue weighted by Gasteiger charge is 2.12. The highest BCUT2D eigenvalue weighted by atomic mass is 35.5. The fraction of sp³-hybridized carbons (Fsp3) is 0.105. The van der Waals surface area contributed by atoms with Crippen LogP contribution in [0.3, 0.4) is 0 Å². The molecule has 3 aromatic rings. The first kappa shape index (κ1) is 17.7. The van der Waals surface area contributed by atoms with E-state index in [1.54, 1.807) is 24.5 Å². The van der Waals surface area contributed by atoms with E-state index in [0.29, 0.717) is 16.5 Å². The number of aryl methyl sites for hydroxylation is 2. The Kier molecular flexibility index (Phi) is 5.04. The number of aromatic nitrogens is 2. The van der Waals surface area contributed by atoms with E-state index in [1.807, 2.05) is 36.6 Å². The second-order valence-corrected chi connectivity index (χ2v) is 6.16. The van der Waals surface area contributed by atoms with E-state index in [-0.39, 0.29) is 5.56 Å². The first-order valence-corrected chi connectivity index (χ1v) is 8.27. The number of aromatic carboxylic acids is 1. The van der Waals surface area contributed by atoms with Crippen molar-refractivity contribution in [1.29, 1.82) is 0 Å². The molecule has 26 heavy (non-hydrogen) atoms. The summed E-state index contributed by atoms with van der Waals surface area (Å²) in [6.45, 7) is 4.02. The lowest BCUT2D eigenvalue weighted by atomic mass is 10.1. The van der Waals surface area contributed by atoms with Crippen molar-refractivity contribution >= 4 is 29.5 Å². The number of hydrogen-bond acceptors (Lipinski definition) is 4. The molecule has 2 N–H and O–H groups in total. The quantitative estimate of drug-likeness (QED) is 0.520. The number of carbonyl (C=O) groups is 1. The molecule has 2 aromatic carbocycles. The van der Waals surface area contributed by atoms with Crippen LogP contribution < -0.4 is 5.43 Å². The molecule has 3 rings (SSSR count). The molecule has 0 amide bonds. The topological polar surface area (TPSA) is 79.5 Å². The van der Waals surface area contributed by atoms with Crippen LogP contribution in [0.25, 0.3) is 5.69 Å². The Labute approximate surface area is 155 Å². The first-order valence-electron chi connectivity index (χ1n) is 7.89. The van der Waals surface area contributed by atoms with Gasteiger partial charge >= 0.3 is 5.97 Å². The summed E-state index contributed by atoms with van der Waals surface area (Å²) in [5.74, 6) is -1.03. The molecule has 0 aliphatic rings. The fourth-order valence-corrected chi connectivity index (χ4v) is 2.74. The predicted molar refractivity (Wildman–Crippen MR) is 103 cm³/mol. The van der Waals surface area contributed by atoms with Crippen molar-refractivity contribution in [3.05, 3.63) is 76.3 Å². The van der Waals surface area contributed by atoms with Gasteiger partial charge in [0.2, 0.25) is 0 Å². The lowest BCUT2D eigenvalue weighted by Crippen LogP contribution is -2.04. The summed E-state index contributed by atoms with van der Waals surface area (Å²) >= 11 is 6.21. The second-order valence-electron chi connectivity index (χ2n) is 5.80. The molecule has 7 heteroatoms. The number of nitrogens with zero attached hydrogens (tertiary/aromatic N) is 3. The zero-order valence-corrected chi connectivity index (χ0v) is 15.0. The number of benzene rings is 2. The van der Waals surface area contributed by atoms with E-state index < -0.39 is 5.97 Å². The van der Waals surface area contributed by atoms with E-state index in [4.69, 9.17) is 11.6 Å². The minimum Gasteiger partial charge on any atom is -0.478 e. The van der Waals surface area contributed by atoms with Gasteiger partial charge in [0.25, 0.3) is 0 Å². The second kappa shape index (κ2) is 7.41. The molecule has 6 nitrogen and oxygen atoms in total. The number of hydrogen-bond donors (Lipinski definition) is 2. The lowest BCUT2D eigenvalue weighted by molar-refractivity contribution is 0.0698. The van der Waals surface area contributed by atoms with Gasteiger partial charge in [-0.05, 0) is 43.2 Å². The summed E-state index contributed by atoms with van der Waals surface area (Å²) in [4.78, 5) is 15.4. The molecule has 0 unspecified atom stereocenters. The SMILES string of the molecule is Cc1ccc(C)c(-n2cnc(Cl)c2/C=N/Nc2ccccc2C(=O)O)c1. The third-order valence-corrected chi connectivity index (χ3v) is 4.20. The first-order chi connectivity index (χ1) is 12.5. The minimum atomic E-state index is -1.03. The van der Waals surface area contributed by atoms with Crippen LogP contribution in [0.15, 0.2) is 53.9 Å². The van der Waals surface area contributed by atoms with Gasteiger partial charge in [-0.1, -0.05) is 35.9 Å². The van der Waals surface area contributed by atoms with Crippen molar-refractivity contribution in [3.8, 4) is 5.69 Å². The predicted octanol–water partition coefficient (Wildman–Crippen LogP) is 4.29. The monoisotopic (exact) mass is 368 g/mol. The molecule has 1 aromatic heterocycles. The van der Waals surface area contributed by atoms with Crippen LogP contribution in [0.5, 0.6) is 0 Å². The van der Waals surface area contributed by atoms with Crippen molar-refractivity contribution in [2.24, 2.45) is 5.10 Å². The van der Waals surface area contributed by atoms with Gasteiger partial charge in [-0.3, -0.25) is 9.99 Å². The standard InChI is InChI=1S/C19H17ClN4O2/c1-12-7-8-13(2)16(9-12)24-11-21-18(20)17(24)10-22-23-15-6-4-3-5-14(15)19(25)26/h3-11,23H,1-2H3,(H,25,26)/b22-10+. The average molecular weight is 369 g/mol. The van der Waals surface area contributed by atoms with Gasteiger partial charge in [-0.2, -0.15) is 5.10 Å². The van der Waals surface area contributed by atoms with Crippen molar-refractivity contribution in [2.75, 3.05) is 5.43 Å². The summed E-state index contributed by atoms with van der Waals surface area (Å²) in [6, 6.07) is 12.6. The normalized spacial score (nSPS) is 11.0. The van der Waals surface area contributed by atoms with E-state index in [1.165, 1.54) is 12.3 Å². The highest BCUT2D eigenvalue weighted by molar-refractivity contribution is 6.31. The Hall–Kier alpha value is -3.12. The van der Waals surface area contributed by atoms with Gasteiger partial charge < -0.3 is 5.11 Å². The van der Waals surface area contributed by atoms with Crippen molar-refractivity contribution in [3.63, 3.8) is 0 Å². The molecule has 0 saturated carbocycles. The van der Waals surface area contributed by atoms with E-state index in [9.17, 15) is 9.90 Å². The Morgan fingerprint density at radius 1 is 1.27 bits per heavy atom. The molecule has 0 atom stereocenters. The lowest BCUT2D eigenvalue weighted by Gasteiger charge is -2.10. The minimum absolute atomic E-state index is 0.138. The van der Waals surface area contributed by atoms with Gasteiger partial charge in [0, 0.05) is 0 Å². The molecular weight excluding hydrogens is 352 g/mol. The van der Waals surface area contributed by atoms with Crippen molar-refractivity contribution < 1.29 is 9.90 Å². The number of halogens is 1. The maximum Gasteiger partial charge on any atom is 0.337 e. The Balaban J connectivity index is 1.92. The van der Waals surface area contributed by atoms with Crippen LogP contribution in [0.2, 0.25) is 5.15 Å². The third-order valence-electron chi connectivity index (χ3n) is 3.91. The molecular formula is C19H17ClN4O2. The van der Waals surface area contributed by atoms with Crippen LogP contribution in [-0.4, -0.2) is 26.8 Å². The highest BCUT2D eigenvalue weighted by Crippen LogP contribution is 2.22. The molecule has 0 saturated heterocycles. The van der Waals surface area contributed by atoms with Crippen LogP contribution in [0.4, 0.5) is 5.69 Å². The van der Waals surface area contributed by atoms with Crippen LogP contribution in [-0.2, 0) is 0 Å². The fourth-order valence-electron chi connectivity index (χ4n) is 2.55. The number of carboxylic acids is 1. The zero-order chi connectivity index (χ0) is 18.7. The van der Waals surface area contributed by atoms with Crippen LogP contribution in [0, 0.1) is 13.8 Å². The Morgan fingerprint density at radius 3 is 2.81 bits per heavy atom. The molecule has 1 heterocycles. The number of nitrogens with one attached hydrogen (secondary N) is 1. The van der Waals surface area contributed by atoms with Crippen LogP contribution in [0.1, 0.15) is 27.2 Å². The van der Waals surface area contributed by atoms with Crippen molar-refractivity contribution in [2.45, 2.75) is 13.8 Å². The van der Waals surface area contributed by atoms with Gasteiger partial charge in [-0.25, -0.2) is 9.78 Å². The number of imidazole rings is 1. The Bertz CT molecular complexity index is 995. The van der Waals surface area contributed by atoms with Crippen LogP contribution >= 0.6 is 11.6 Å². The molecule has 0 spiro atoms. The smallest absolute Gasteiger partial charge is 0.337 e. The number of carboxylic acid groups (broad SMARTS) is 1. The van der Waals surface area contributed by atoms with Gasteiger partial charge in [-0.15, -0.1) is 0 Å². The van der Waals surface area contributed by atoms with E-state index in [0.717, 1.165) is 16.8 Å². The Morgan fingerprint density at radius 2 is 2.04 bits per heavy atom. The molecule has 0 bridgehead atoms. The molecule has 0 aliphatic carbocycles. The van der Waals surface area contributed by atoms with Gasteiger partial charge in [0.1, 0.15) is 12.0 Å². The van der Waals surface area contributed by atoms with E-state index in [2.05, 4.69) is 15.5 Å². The number of rotatable bonds is 5. The maximum absolute atomic E-state index is 11.2. The summed E-state index contributed by atoms with van der Waals surface area (Å²) in [6.07, 6.45) is 3.16. The third kappa shape index (κ3) is 3.60. The number of anilines is 1. The molecule has 132 valence electrons. The number of hydrazone groups is 1. The number of para-hydroxylation sites is 1. The summed E-state index contributed by atoms with van der Waals surface area (Å²) in [7, 11) is 0.